The van der Waals surface area contributed by atoms with E-state index in [1.165, 1.54) is 5.56 Å². The Labute approximate surface area is 129 Å². The normalized spacial score (nSPS) is 12.9. The molecule has 1 atom stereocenters. The Bertz CT molecular complexity index is 394. The van der Waals surface area contributed by atoms with Gasteiger partial charge in [-0.25, -0.2) is 0 Å². The van der Waals surface area contributed by atoms with Crippen LogP contribution in [0.25, 0.3) is 0 Å². The average Bonchev–Trinajstić information content (AvgIpc) is 2.54. The van der Waals surface area contributed by atoms with Gasteiger partial charge in [0.15, 0.2) is 0 Å². The summed E-state index contributed by atoms with van der Waals surface area (Å²) in [5.41, 5.74) is 7.30. The second-order valence-corrected chi connectivity index (χ2v) is 5.23. The Hall–Kier alpha value is -1.10. The van der Waals surface area contributed by atoms with Gasteiger partial charge in [-0.05, 0) is 30.5 Å². The predicted molar refractivity (Wildman–Crippen MR) is 87.7 cm³/mol. The molecule has 0 bridgehead atoms. The Morgan fingerprint density at radius 2 is 1.90 bits per heavy atom. The Kier molecular flexibility index (Phi) is 8.35. The van der Waals surface area contributed by atoms with Crippen molar-refractivity contribution in [3.63, 3.8) is 0 Å². The first-order valence-electron chi connectivity index (χ1n) is 7.80. The number of benzene rings is 1. The maximum absolute atomic E-state index is 6.09. The molecular weight excluding hydrogens is 264 g/mol. The van der Waals surface area contributed by atoms with E-state index in [0.29, 0.717) is 12.6 Å². The van der Waals surface area contributed by atoms with Crippen molar-refractivity contribution in [1.82, 2.24) is 4.90 Å². The van der Waals surface area contributed by atoms with Crippen LogP contribution in [0, 0.1) is 0 Å². The number of rotatable bonds is 10. The fourth-order valence-electron chi connectivity index (χ4n) is 2.86. The van der Waals surface area contributed by atoms with Crippen LogP contribution >= 0.6 is 0 Å². The van der Waals surface area contributed by atoms with Crippen molar-refractivity contribution in [3.05, 3.63) is 29.8 Å². The summed E-state index contributed by atoms with van der Waals surface area (Å²) in [5.74, 6) is 0.877. The lowest BCUT2D eigenvalue weighted by molar-refractivity contribution is 0.0816. The molecule has 120 valence electrons. The summed E-state index contributed by atoms with van der Waals surface area (Å²) in [6.07, 6.45) is 2.22. The molecule has 0 radical (unpaired) electrons. The van der Waals surface area contributed by atoms with E-state index in [-0.39, 0.29) is 6.04 Å². The summed E-state index contributed by atoms with van der Waals surface area (Å²) in [5, 5.41) is 0. The molecule has 0 aliphatic heterocycles. The monoisotopic (exact) mass is 294 g/mol. The summed E-state index contributed by atoms with van der Waals surface area (Å²) in [6, 6.07) is 8.91. The Morgan fingerprint density at radius 3 is 2.43 bits per heavy atom. The predicted octanol–water partition coefficient (Wildman–Crippen LogP) is 2.83. The van der Waals surface area contributed by atoms with E-state index in [2.05, 4.69) is 30.9 Å². The number of nitrogens with zero attached hydrogens (tertiary/aromatic N) is 1. The van der Waals surface area contributed by atoms with Gasteiger partial charge in [0.2, 0.25) is 0 Å². The molecule has 0 amide bonds. The summed E-state index contributed by atoms with van der Waals surface area (Å²) in [6.45, 7) is 6.66. The zero-order valence-corrected chi connectivity index (χ0v) is 13.8. The molecule has 0 heterocycles. The largest absolute Gasteiger partial charge is 0.497 e. The summed E-state index contributed by atoms with van der Waals surface area (Å²) in [4.78, 5) is 2.47. The van der Waals surface area contributed by atoms with E-state index in [1.54, 1.807) is 14.2 Å². The first-order valence-corrected chi connectivity index (χ1v) is 7.80. The minimum atomic E-state index is 0.195. The zero-order chi connectivity index (χ0) is 15.7. The minimum absolute atomic E-state index is 0.195. The van der Waals surface area contributed by atoms with Crippen LogP contribution in [0.5, 0.6) is 5.75 Å². The molecule has 0 aromatic heterocycles. The second-order valence-electron chi connectivity index (χ2n) is 5.23. The molecule has 2 N–H and O–H groups in total. The molecule has 1 unspecified atom stereocenters. The van der Waals surface area contributed by atoms with Gasteiger partial charge < -0.3 is 15.2 Å². The lowest BCUT2D eigenvalue weighted by Gasteiger charge is -2.37. The number of ether oxygens (including phenoxy) is 2. The van der Waals surface area contributed by atoms with Crippen LogP contribution in [0.1, 0.15) is 38.3 Å². The molecule has 0 saturated heterocycles. The standard InChI is InChI=1S/C17H30N2O2/c1-5-15(6-2)19(10-11-20-3)17(13-18)14-8-7-9-16(12-14)21-4/h7-9,12,15,17H,5-6,10-11,13,18H2,1-4H3. The van der Waals surface area contributed by atoms with E-state index in [1.807, 2.05) is 12.1 Å². The first-order chi connectivity index (χ1) is 10.2. The molecule has 0 spiro atoms. The molecule has 0 saturated carbocycles. The van der Waals surface area contributed by atoms with Crippen molar-refractivity contribution in [2.75, 3.05) is 33.9 Å². The topological polar surface area (TPSA) is 47.7 Å². The third-order valence-corrected chi connectivity index (χ3v) is 4.07. The quantitative estimate of drug-likeness (QED) is 0.721. The highest BCUT2D eigenvalue weighted by molar-refractivity contribution is 5.31. The molecule has 0 fully saturated rings. The number of hydrogen-bond acceptors (Lipinski definition) is 4. The molecular formula is C17H30N2O2. The van der Waals surface area contributed by atoms with Crippen LogP contribution in [0.4, 0.5) is 0 Å². The van der Waals surface area contributed by atoms with E-state index in [9.17, 15) is 0 Å². The van der Waals surface area contributed by atoms with Gasteiger partial charge in [0, 0.05) is 32.3 Å². The van der Waals surface area contributed by atoms with Crippen LogP contribution in [0.15, 0.2) is 24.3 Å². The van der Waals surface area contributed by atoms with Gasteiger partial charge in [0.1, 0.15) is 5.75 Å². The van der Waals surface area contributed by atoms with Crippen molar-refractivity contribution in [1.29, 1.82) is 0 Å². The fourth-order valence-corrected chi connectivity index (χ4v) is 2.86. The maximum atomic E-state index is 6.09. The smallest absolute Gasteiger partial charge is 0.119 e. The lowest BCUT2D eigenvalue weighted by Crippen LogP contribution is -2.42. The summed E-state index contributed by atoms with van der Waals surface area (Å²) < 4.78 is 10.6. The molecule has 1 aromatic carbocycles. The minimum Gasteiger partial charge on any atom is -0.497 e. The first kappa shape index (κ1) is 18.0. The van der Waals surface area contributed by atoms with Gasteiger partial charge in [-0.2, -0.15) is 0 Å². The maximum Gasteiger partial charge on any atom is 0.119 e. The third kappa shape index (κ3) is 4.99. The molecule has 4 heteroatoms. The van der Waals surface area contributed by atoms with Crippen molar-refractivity contribution in [3.8, 4) is 5.75 Å². The van der Waals surface area contributed by atoms with Crippen LogP contribution in [-0.4, -0.2) is 44.9 Å². The molecule has 21 heavy (non-hydrogen) atoms. The number of methoxy groups -OCH3 is 2. The van der Waals surface area contributed by atoms with Crippen LogP contribution < -0.4 is 10.5 Å². The van der Waals surface area contributed by atoms with E-state index < -0.39 is 0 Å². The van der Waals surface area contributed by atoms with E-state index >= 15 is 0 Å². The summed E-state index contributed by atoms with van der Waals surface area (Å²) in [7, 11) is 3.44. The van der Waals surface area contributed by atoms with Gasteiger partial charge in [-0.15, -0.1) is 0 Å². The van der Waals surface area contributed by atoms with Crippen molar-refractivity contribution in [2.24, 2.45) is 5.73 Å². The second kappa shape index (κ2) is 9.77. The zero-order valence-electron chi connectivity index (χ0n) is 13.8. The van der Waals surface area contributed by atoms with Gasteiger partial charge in [0.25, 0.3) is 0 Å². The van der Waals surface area contributed by atoms with Crippen molar-refractivity contribution < 1.29 is 9.47 Å². The van der Waals surface area contributed by atoms with Gasteiger partial charge in [-0.1, -0.05) is 26.0 Å². The van der Waals surface area contributed by atoms with Gasteiger partial charge in [-0.3, -0.25) is 4.90 Å². The molecule has 0 aliphatic rings. The molecule has 1 aromatic rings. The molecule has 4 nitrogen and oxygen atoms in total. The van der Waals surface area contributed by atoms with Crippen LogP contribution in [-0.2, 0) is 4.74 Å². The summed E-state index contributed by atoms with van der Waals surface area (Å²) >= 11 is 0. The lowest BCUT2D eigenvalue weighted by atomic mass is 10.0. The SMILES string of the molecule is CCC(CC)N(CCOC)C(CN)c1cccc(OC)c1. The Balaban J connectivity index is 3.03. The van der Waals surface area contributed by atoms with E-state index in [4.69, 9.17) is 15.2 Å². The number of hydrogen-bond donors (Lipinski definition) is 1. The molecule has 0 aliphatic carbocycles. The van der Waals surface area contributed by atoms with Crippen molar-refractivity contribution >= 4 is 0 Å². The van der Waals surface area contributed by atoms with Gasteiger partial charge >= 0.3 is 0 Å². The van der Waals surface area contributed by atoms with Crippen LogP contribution in [0.2, 0.25) is 0 Å². The third-order valence-electron chi connectivity index (χ3n) is 4.07. The van der Waals surface area contributed by atoms with Crippen LogP contribution in [0.3, 0.4) is 0 Å². The average molecular weight is 294 g/mol. The van der Waals surface area contributed by atoms with Gasteiger partial charge in [0.05, 0.1) is 13.7 Å². The number of nitrogens with two attached hydrogens (primary N) is 1. The highest BCUT2D eigenvalue weighted by Crippen LogP contribution is 2.27. The molecule has 1 rings (SSSR count). The van der Waals surface area contributed by atoms with Crippen molar-refractivity contribution in [2.45, 2.75) is 38.8 Å². The highest BCUT2D eigenvalue weighted by Gasteiger charge is 2.24. The highest BCUT2D eigenvalue weighted by atomic mass is 16.5. The Morgan fingerprint density at radius 1 is 1.19 bits per heavy atom. The van der Waals surface area contributed by atoms with E-state index in [0.717, 1.165) is 31.7 Å². The fraction of sp³-hybridized carbons (Fsp3) is 0.647.